The Kier molecular flexibility index (Phi) is 3.83. The van der Waals surface area contributed by atoms with Crippen LogP contribution in [0.3, 0.4) is 0 Å². The average Bonchev–Trinajstić information content (AvgIpc) is 2.01. The Morgan fingerprint density at radius 1 is 1.43 bits per heavy atom. The van der Waals surface area contributed by atoms with Gasteiger partial charge in [0.1, 0.15) is 5.75 Å². The summed E-state index contributed by atoms with van der Waals surface area (Å²) in [7, 11) is 0. The van der Waals surface area contributed by atoms with Gasteiger partial charge in [-0.05, 0) is 19.1 Å². The molecule has 0 aliphatic heterocycles. The van der Waals surface area contributed by atoms with Gasteiger partial charge >= 0.3 is 6.61 Å². The highest BCUT2D eigenvalue weighted by molar-refractivity contribution is 9.10. The quantitative estimate of drug-likeness (QED) is 0.911. The second kappa shape index (κ2) is 4.70. The summed E-state index contributed by atoms with van der Waals surface area (Å²) in [5, 5.41) is 9.27. The number of hydrogen-bond acceptors (Lipinski definition) is 2. The molecule has 5 heteroatoms. The van der Waals surface area contributed by atoms with E-state index in [2.05, 4.69) is 20.7 Å². The second-order valence-corrected chi connectivity index (χ2v) is 3.65. The summed E-state index contributed by atoms with van der Waals surface area (Å²) in [6.45, 7) is -1.40. The molecule has 0 saturated heterocycles. The van der Waals surface area contributed by atoms with Crippen LogP contribution in [0.25, 0.3) is 0 Å². The smallest absolute Gasteiger partial charge is 0.387 e. The summed E-state index contributed by atoms with van der Waals surface area (Å²) < 4.78 is 28.8. The first-order valence-electron chi connectivity index (χ1n) is 3.93. The first-order chi connectivity index (χ1) is 6.50. The van der Waals surface area contributed by atoms with Gasteiger partial charge in [0.15, 0.2) is 0 Å². The molecular formula is C9H9BrF2O2. The lowest BCUT2D eigenvalue weighted by Crippen LogP contribution is -2.05. The standard InChI is InChI=1S/C9H9BrF2O2/c1-5(13)7-3-2-6(10)4-8(7)14-9(11)12/h2-5,9,13H,1H3/t5-/m0/s1. The molecule has 0 bridgehead atoms. The van der Waals surface area contributed by atoms with E-state index in [0.29, 0.717) is 10.0 Å². The summed E-state index contributed by atoms with van der Waals surface area (Å²) in [6.07, 6.45) is -0.836. The Labute approximate surface area is 88.6 Å². The van der Waals surface area contributed by atoms with Crippen molar-refractivity contribution in [3.8, 4) is 5.75 Å². The predicted molar refractivity (Wildman–Crippen MR) is 51.4 cm³/mol. The molecule has 0 aromatic heterocycles. The summed E-state index contributed by atoms with van der Waals surface area (Å²) in [5.74, 6) is -0.00984. The molecule has 0 fully saturated rings. The third kappa shape index (κ3) is 2.92. The van der Waals surface area contributed by atoms with Crippen molar-refractivity contribution in [3.63, 3.8) is 0 Å². The fraction of sp³-hybridized carbons (Fsp3) is 0.333. The van der Waals surface area contributed by atoms with Crippen LogP contribution in [-0.2, 0) is 0 Å². The maximum atomic E-state index is 12.0. The predicted octanol–water partition coefficient (Wildman–Crippen LogP) is 3.10. The Balaban J connectivity index is 3.03. The zero-order valence-corrected chi connectivity index (χ0v) is 8.96. The monoisotopic (exact) mass is 266 g/mol. The molecule has 2 nitrogen and oxygen atoms in total. The molecule has 0 amide bonds. The lowest BCUT2D eigenvalue weighted by molar-refractivity contribution is -0.0514. The molecule has 0 aliphatic carbocycles. The van der Waals surface area contributed by atoms with Gasteiger partial charge in [0.2, 0.25) is 0 Å². The van der Waals surface area contributed by atoms with E-state index >= 15 is 0 Å². The SMILES string of the molecule is C[C@H](O)c1ccc(Br)cc1OC(F)F. The maximum Gasteiger partial charge on any atom is 0.387 e. The molecule has 1 atom stereocenters. The van der Waals surface area contributed by atoms with Crippen LogP contribution in [0.5, 0.6) is 5.75 Å². The Bertz CT molecular complexity index is 316. The van der Waals surface area contributed by atoms with Crippen molar-refractivity contribution < 1.29 is 18.6 Å². The second-order valence-electron chi connectivity index (χ2n) is 2.74. The lowest BCUT2D eigenvalue weighted by atomic mass is 10.1. The molecule has 0 radical (unpaired) electrons. The first-order valence-corrected chi connectivity index (χ1v) is 4.72. The molecule has 0 saturated carbocycles. The minimum absolute atomic E-state index is 0.00984. The molecule has 1 aromatic carbocycles. The van der Waals surface area contributed by atoms with Gasteiger partial charge in [-0.25, -0.2) is 0 Å². The van der Waals surface area contributed by atoms with Crippen molar-refractivity contribution in [2.45, 2.75) is 19.6 Å². The van der Waals surface area contributed by atoms with Gasteiger partial charge in [0, 0.05) is 10.0 Å². The van der Waals surface area contributed by atoms with Crippen molar-refractivity contribution in [2.75, 3.05) is 0 Å². The van der Waals surface area contributed by atoms with E-state index in [1.54, 1.807) is 6.07 Å². The average molecular weight is 267 g/mol. The van der Waals surface area contributed by atoms with E-state index in [1.165, 1.54) is 19.1 Å². The zero-order chi connectivity index (χ0) is 10.7. The summed E-state index contributed by atoms with van der Waals surface area (Å²) in [4.78, 5) is 0. The minimum Gasteiger partial charge on any atom is -0.434 e. The Hall–Kier alpha value is -0.680. The fourth-order valence-corrected chi connectivity index (χ4v) is 1.39. The highest BCUT2D eigenvalue weighted by atomic mass is 79.9. The highest BCUT2D eigenvalue weighted by Gasteiger charge is 2.13. The third-order valence-corrected chi connectivity index (χ3v) is 2.14. The highest BCUT2D eigenvalue weighted by Crippen LogP contribution is 2.29. The van der Waals surface area contributed by atoms with Crippen molar-refractivity contribution >= 4 is 15.9 Å². The van der Waals surface area contributed by atoms with Crippen LogP contribution < -0.4 is 4.74 Å². The van der Waals surface area contributed by atoms with E-state index in [4.69, 9.17) is 0 Å². The number of benzene rings is 1. The van der Waals surface area contributed by atoms with E-state index < -0.39 is 12.7 Å². The first kappa shape index (κ1) is 11.4. The summed E-state index contributed by atoms with van der Waals surface area (Å²) >= 11 is 3.13. The van der Waals surface area contributed by atoms with Crippen LogP contribution in [-0.4, -0.2) is 11.7 Å². The topological polar surface area (TPSA) is 29.5 Å². The van der Waals surface area contributed by atoms with Crippen LogP contribution >= 0.6 is 15.9 Å². The van der Waals surface area contributed by atoms with Gasteiger partial charge in [-0.15, -0.1) is 0 Å². The van der Waals surface area contributed by atoms with Gasteiger partial charge in [-0.3, -0.25) is 0 Å². The van der Waals surface area contributed by atoms with Crippen LogP contribution in [0.4, 0.5) is 8.78 Å². The Morgan fingerprint density at radius 3 is 2.57 bits per heavy atom. The molecule has 0 heterocycles. The Morgan fingerprint density at radius 2 is 2.07 bits per heavy atom. The number of alkyl halides is 2. The van der Waals surface area contributed by atoms with Crippen LogP contribution in [0.1, 0.15) is 18.6 Å². The molecule has 78 valence electrons. The van der Waals surface area contributed by atoms with E-state index in [0.717, 1.165) is 0 Å². The molecule has 0 aliphatic rings. The lowest BCUT2D eigenvalue weighted by Gasteiger charge is -2.12. The molecule has 0 spiro atoms. The molecular weight excluding hydrogens is 258 g/mol. The number of hydrogen-bond donors (Lipinski definition) is 1. The van der Waals surface area contributed by atoms with E-state index in [1.807, 2.05) is 0 Å². The fourth-order valence-electron chi connectivity index (χ4n) is 1.05. The normalized spacial score (nSPS) is 13.0. The number of halogens is 3. The van der Waals surface area contributed by atoms with Gasteiger partial charge in [-0.2, -0.15) is 8.78 Å². The van der Waals surface area contributed by atoms with Gasteiger partial charge in [0.25, 0.3) is 0 Å². The van der Waals surface area contributed by atoms with Crippen molar-refractivity contribution in [2.24, 2.45) is 0 Å². The number of ether oxygens (including phenoxy) is 1. The van der Waals surface area contributed by atoms with Crippen LogP contribution in [0.2, 0.25) is 0 Å². The number of aliphatic hydroxyl groups excluding tert-OH is 1. The molecule has 14 heavy (non-hydrogen) atoms. The van der Waals surface area contributed by atoms with Crippen molar-refractivity contribution in [1.82, 2.24) is 0 Å². The van der Waals surface area contributed by atoms with E-state index in [9.17, 15) is 13.9 Å². The van der Waals surface area contributed by atoms with Crippen LogP contribution in [0.15, 0.2) is 22.7 Å². The molecule has 0 unspecified atom stereocenters. The molecule has 1 N–H and O–H groups in total. The zero-order valence-electron chi connectivity index (χ0n) is 7.38. The summed E-state index contributed by atoms with van der Waals surface area (Å²) in [6, 6.07) is 4.58. The van der Waals surface area contributed by atoms with E-state index in [-0.39, 0.29) is 5.75 Å². The van der Waals surface area contributed by atoms with Crippen molar-refractivity contribution in [1.29, 1.82) is 0 Å². The maximum absolute atomic E-state index is 12.0. The number of aliphatic hydroxyl groups is 1. The molecule has 1 rings (SSSR count). The third-order valence-electron chi connectivity index (χ3n) is 1.64. The van der Waals surface area contributed by atoms with Crippen LogP contribution in [0, 0.1) is 0 Å². The molecule has 1 aromatic rings. The van der Waals surface area contributed by atoms with Gasteiger partial charge < -0.3 is 9.84 Å². The number of rotatable bonds is 3. The van der Waals surface area contributed by atoms with Gasteiger partial charge in [0.05, 0.1) is 6.10 Å². The largest absolute Gasteiger partial charge is 0.434 e. The van der Waals surface area contributed by atoms with Crippen molar-refractivity contribution in [3.05, 3.63) is 28.2 Å². The van der Waals surface area contributed by atoms with Gasteiger partial charge in [-0.1, -0.05) is 22.0 Å². The minimum atomic E-state index is -2.89. The summed E-state index contributed by atoms with van der Waals surface area (Å²) in [5.41, 5.74) is 0.341.